The normalized spacial score (nSPS) is 15.2. The molecule has 1 aliphatic heterocycles. The Morgan fingerprint density at radius 1 is 1.08 bits per heavy atom. The van der Waals surface area contributed by atoms with Crippen molar-refractivity contribution in [1.29, 1.82) is 0 Å². The summed E-state index contributed by atoms with van der Waals surface area (Å²) in [7, 11) is 1.51. The van der Waals surface area contributed by atoms with Crippen LogP contribution in [0.5, 0.6) is 0 Å². The minimum absolute atomic E-state index is 0.0249. The van der Waals surface area contributed by atoms with Gasteiger partial charge in [-0.25, -0.2) is 4.79 Å². The molecule has 0 bridgehead atoms. The SMILES string of the molecule is COCC(=O)N1CCN(C(=O)NCC(C)(C)c2ccc(C)cc2)CC1. The van der Waals surface area contributed by atoms with Crippen LogP contribution in [-0.4, -0.2) is 68.2 Å². The summed E-state index contributed by atoms with van der Waals surface area (Å²) in [6.07, 6.45) is 0. The van der Waals surface area contributed by atoms with E-state index >= 15 is 0 Å². The van der Waals surface area contributed by atoms with E-state index in [4.69, 9.17) is 4.74 Å². The Labute approximate surface area is 150 Å². The van der Waals surface area contributed by atoms with Crippen LogP contribution in [0, 0.1) is 6.92 Å². The molecule has 1 aliphatic rings. The van der Waals surface area contributed by atoms with Crippen LogP contribution < -0.4 is 5.32 Å². The zero-order valence-corrected chi connectivity index (χ0v) is 15.7. The fourth-order valence-electron chi connectivity index (χ4n) is 2.89. The highest BCUT2D eigenvalue weighted by Gasteiger charge is 2.26. The summed E-state index contributed by atoms with van der Waals surface area (Å²) < 4.78 is 4.87. The van der Waals surface area contributed by atoms with Gasteiger partial charge in [-0.1, -0.05) is 43.7 Å². The molecule has 0 unspecified atom stereocenters. The van der Waals surface area contributed by atoms with Gasteiger partial charge in [0.1, 0.15) is 6.61 Å². The van der Waals surface area contributed by atoms with Crippen LogP contribution in [0.3, 0.4) is 0 Å². The number of carbonyl (C=O) groups is 2. The Balaban J connectivity index is 1.82. The second kappa shape index (κ2) is 8.34. The van der Waals surface area contributed by atoms with E-state index in [2.05, 4.69) is 50.4 Å². The lowest BCUT2D eigenvalue weighted by Crippen LogP contribution is -2.54. The average Bonchev–Trinajstić information content (AvgIpc) is 2.60. The first-order chi connectivity index (χ1) is 11.8. The van der Waals surface area contributed by atoms with Crippen LogP contribution in [0.1, 0.15) is 25.0 Å². The molecular weight excluding hydrogens is 318 g/mol. The number of carbonyl (C=O) groups excluding carboxylic acids is 2. The number of methoxy groups -OCH3 is 1. The number of benzene rings is 1. The van der Waals surface area contributed by atoms with Gasteiger partial charge >= 0.3 is 6.03 Å². The molecule has 0 aromatic heterocycles. The predicted octanol–water partition coefficient (Wildman–Crippen LogP) is 1.77. The number of rotatable bonds is 5. The maximum atomic E-state index is 12.4. The molecule has 0 atom stereocenters. The Kier molecular flexibility index (Phi) is 6.42. The quantitative estimate of drug-likeness (QED) is 0.883. The van der Waals surface area contributed by atoms with Gasteiger partial charge in [-0.15, -0.1) is 0 Å². The van der Waals surface area contributed by atoms with Crippen LogP contribution in [-0.2, 0) is 14.9 Å². The third-order valence-corrected chi connectivity index (χ3v) is 4.70. The lowest BCUT2D eigenvalue weighted by molar-refractivity contribution is -0.136. The summed E-state index contributed by atoms with van der Waals surface area (Å²) in [5.74, 6) is -0.0249. The summed E-state index contributed by atoms with van der Waals surface area (Å²) in [6.45, 7) is 9.18. The van der Waals surface area contributed by atoms with Crippen LogP contribution >= 0.6 is 0 Å². The molecule has 0 saturated carbocycles. The standard InChI is InChI=1S/C19H29N3O3/c1-15-5-7-16(8-6-15)19(2,3)14-20-18(24)22-11-9-21(10-12-22)17(23)13-25-4/h5-8H,9-14H2,1-4H3,(H,20,24). The number of amides is 3. The molecule has 138 valence electrons. The molecule has 1 aromatic carbocycles. The van der Waals surface area contributed by atoms with E-state index in [0.29, 0.717) is 32.7 Å². The van der Waals surface area contributed by atoms with E-state index in [1.165, 1.54) is 18.2 Å². The van der Waals surface area contributed by atoms with Gasteiger partial charge in [0.2, 0.25) is 5.91 Å². The van der Waals surface area contributed by atoms with Crippen molar-refractivity contribution >= 4 is 11.9 Å². The molecule has 1 saturated heterocycles. The zero-order chi connectivity index (χ0) is 18.4. The number of hydrogen-bond donors (Lipinski definition) is 1. The highest BCUT2D eigenvalue weighted by atomic mass is 16.5. The molecule has 2 rings (SSSR count). The van der Waals surface area contributed by atoms with Crippen molar-refractivity contribution in [3.8, 4) is 0 Å². The largest absolute Gasteiger partial charge is 0.375 e. The van der Waals surface area contributed by atoms with Gasteiger partial charge in [0.15, 0.2) is 0 Å². The van der Waals surface area contributed by atoms with E-state index in [0.717, 1.165) is 0 Å². The average molecular weight is 347 g/mol. The first kappa shape index (κ1) is 19.2. The molecule has 1 N–H and O–H groups in total. The second-order valence-electron chi connectivity index (χ2n) is 7.21. The molecule has 25 heavy (non-hydrogen) atoms. The van der Waals surface area contributed by atoms with Crippen LogP contribution in [0.25, 0.3) is 0 Å². The van der Waals surface area contributed by atoms with Gasteiger partial charge in [-0.2, -0.15) is 0 Å². The second-order valence-corrected chi connectivity index (χ2v) is 7.21. The number of nitrogens with one attached hydrogen (secondary N) is 1. The fourth-order valence-corrected chi connectivity index (χ4v) is 2.89. The van der Waals surface area contributed by atoms with Crippen molar-refractivity contribution in [1.82, 2.24) is 15.1 Å². The van der Waals surface area contributed by atoms with Gasteiger partial charge in [0.05, 0.1) is 0 Å². The molecule has 1 fully saturated rings. The van der Waals surface area contributed by atoms with Gasteiger partial charge in [0, 0.05) is 45.2 Å². The number of hydrogen-bond acceptors (Lipinski definition) is 3. The van der Waals surface area contributed by atoms with E-state index in [-0.39, 0.29) is 24.0 Å². The van der Waals surface area contributed by atoms with Crippen molar-refractivity contribution in [3.05, 3.63) is 35.4 Å². The third-order valence-electron chi connectivity index (χ3n) is 4.70. The molecule has 0 radical (unpaired) electrons. The molecule has 1 aromatic rings. The Morgan fingerprint density at radius 3 is 2.20 bits per heavy atom. The molecule has 3 amide bonds. The molecule has 1 heterocycles. The maximum Gasteiger partial charge on any atom is 0.317 e. The topological polar surface area (TPSA) is 61.9 Å². The Bertz CT molecular complexity index is 590. The molecule has 6 nitrogen and oxygen atoms in total. The van der Waals surface area contributed by atoms with Crippen molar-refractivity contribution < 1.29 is 14.3 Å². The molecule has 0 aliphatic carbocycles. The summed E-state index contributed by atoms with van der Waals surface area (Å²) >= 11 is 0. The minimum atomic E-state index is -0.139. The van der Waals surface area contributed by atoms with Crippen molar-refractivity contribution in [2.75, 3.05) is 46.4 Å². The minimum Gasteiger partial charge on any atom is -0.375 e. The van der Waals surface area contributed by atoms with E-state index in [1.54, 1.807) is 9.80 Å². The van der Waals surface area contributed by atoms with Gasteiger partial charge in [-0.05, 0) is 12.5 Å². The number of urea groups is 1. The first-order valence-electron chi connectivity index (χ1n) is 8.70. The van der Waals surface area contributed by atoms with Crippen molar-refractivity contribution in [2.24, 2.45) is 0 Å². The lowest BCUT2D eigenvalue weighted by Gasteiger charge is -2.35. The highest BCUT2D eigenvalue weighted by Crippen LogP contribution is 2.22. The smallest absolute Gasteiger partial charge is 0.317 e. The summed E-state index contributed by atoms with van der Waals surface area (Å²) in [5, 5.41) is 3.03. The van der Waals surface area contributed by atoms with Gasteiger partial charge in [0.25, 0.3) is 0 Å². The van der Waals surface area contributed by atoms with Crippen molar-refractivity contribution in [2.45, 2.75) is 26.2 Å². The predicted molar refractivity (Wildman–Crippen MR) is 97.6 cm³/mol. The third kappa shape index (κ3) is 5.19. The van der Waals surface area contributed by atoms with E-state index in [9.17, 15) is 9.59 Å². The van der Waals surface area contributed by atoms with E-state index in [1.807, 2.05) is 0 Å². The summed E-state index contributed by atoms with van der Waals surface area (Å²) in [5.41, 5.74) is 2.29. The fraction of sp³-hybridized carbons (Fsp3) is 0.579. The maximum absolute atomic E-state index is 12.4. The van der Waals surface area contributed by atoms with Gasteiger partial charge < -0.3 is 19.9 Å². The molecule has 6 heteroatoms. The molecular formula is C19H29N3O3. The van der Waals surface area contributed by atoms with Crippen LogP contribution in [0.15, 0.2) is 24.3 Å². The Morgan fingerprint density at radius 2 is 1.64 bits per heavy atom. The first-order valence-corrected chi connectivity index (χ1v) is 8.70. The monoisotopic (exact) mass is 347 g/mol. The zero-order valence-electron chi connectivity index (χ0n) is 15.7. The number of nitrogens with zero attached hydrogens (tertiary/aromatic N) is 2. The number of aryl methyl sites for hydroxylation is 1. The summed E-state index contributed by atoms with van der Waals surface area (Å²) in [4.78, 5) is 27.7. The van der Waals surface area contributed by atoms with Crippen LogP contribution in [0.4, 0.5) is 4.79 Å². The summed E-state index contributed by atoms with van der Waals surface area (Å²) in [6, 6.07) is 8.34. The number of ether oxygens (including phenoxy) is 1. The highest BCUT2D eigenvalue weighted by molar-refractivity contribution is 5.78. The van der Waals surface area contributed by atoms with Crippen LogP contribution in [0.2, 0.25) is 0 Å². The Hall–Kier alpha value is -2.08. The van der Waals surface area contributed by atoms with Gasteiger partial charge in [-0.3, -0.25) is 4.79 Å². The molecule has 0 spiro atoms. The van der Waals surface area contributed by atoms with E-state index < -0.39 is 0 Å². The lowest BCUT2D eigenvalue weighted by atomic mass is 9.84. The van der Waals surface area contributed by atoms with Crippen molar-refractivity contribution in [3.63, 3.8) is 0 Å². The number of piperazine rings is 1.